The van der Waals surface area contributed by atoms with Crippen molar-refractivity contribution < 1.29 is 14.3 Å². The van der Waals surface area contributed by atoms with E-state index in [4.69, 9.17) is 9.47 Å². The summed E-state index contributed by atoms with van der Waals surface area (Å²) in [5.74, 6) is 0.482. The number of rotatable bonds is 10. The molecule has 0 saturated carbocycles. The first-order chi connectivity index (χ1) is 9.79. The van der Waals surface area contributed by atoms with Gasteiger partial charge in [0.15, 0.2) is 0 Å². The highest BCUT2D eigenvalue weighted by atomic mass is 16.5. The minimum absolute atomic E-state index is 0.109. The van der Waals surface area contributed by atoms with Gasteiger partial charge in [-0.2, -0.15) is 0 Å². The van der Waals surface area contributed by atoms with E-state index < -0.39 is 0 Å². The Morgan fingerprint density at radius 3 is 2.90 bits per heavy atom. The molecule has 0 bridgehead atoms. The molecule has 1 heterocycles. The molecule has 0 saturated heterocycles. The van der Waals surface area contributed by atoms with Gasteiger partial charge in [-0.3, -0.25) is 4.79 Å². The molecule has 6 heteroatoms. The summed E-state index contributed by atoms with van der Waals surface area (Å²) in [6, 6.07) is 3.50. The number of hydrogen-bond acceptors (Lipinski definition) is 5. The molecule has 0 aliphatic carbocycles. The number of aromatic nitrogens is 1. The third-order valence-corrected chi connectivity index (χ3v) is 2.72. The number of ether oxygens (including phenoxy) is 2. The number of carbonyl (C=O) groups is 1. The van der Waals surface area contributed by atoms with Gasteiger partial charge in [-0.25, -0.2) is 4.98 Å². The van der Waals surface area contributed by atoms with E-state index in [1.54, 1.807) is 32.5 Å². The van der Waals surface area contributed by atoms with Crippen LogP contribution in [0.4, 0.5) is 5.82 Å². The minimum Gasteiger partial charge on any atom is -0.382 e. The summed E-state index contributed by atoms with van der Waals surface area (Å²) in [5.41, 5.74) is 0.561. The molecule has 20 heavy (non-hydrogen) atoms. The summed E-state index contributed by atoms with van der Waals surface area (Å²) in [5, 5.41) is 5.78. The van der Waals surface area contributed by atoms with Gasteiger partial charge in [0.05, 0.1) is 18.8 Å². The van der Waals surface area contributed by atoms with Crippen LogP contribution in [-0.2, 0) is 9.47 Å². The number of nitrogens with zero attached hydrogens (tertiary/aromatic N) is 1. The Morgan fingerprint density at radius 2 is 2.15 bits per heavy atom. The van der Waals surface area contributed by atoms with Crippen molar-refractivity contribution in [3.05, 3.63) is 23.9 Å². The van der Waals surface area contributed by atoms with Gasteiger partial charge in [0, 0.05) is 33.5 Å². The monoisotopic (exact) mass is 281 g/mol. The number of amides is 1. The first kappa shape index (κ1) is 16.4. The zero-order valence-corrected chi connectivity index (χ0v) is 12.1. The molecular formula is C14H23N3O3. The van der Waals surface area contributed by atoms with Crippen LogP contribution in [0.25, 0.3) is 0 Å². The Bertz CT molecular complexity index is 399. The Balaban J connectivity index is 2.17. The molecule has 0 aliphatic rings. The molecule has 0 unspecified atom stereocenters. The summed E-state index contributed by atoms with van der Waals surface area (Å²) in [6.45, 7) is 2.55. The first-order valence-electron chi connectivity index (χ1n) is 6.77. The first-order valence-corrected chi connectivity index (χ1v) is 6.77. The zero-order valence-electron chi connectivity index (χ0n) is 12.1. The standard InChI is InChI=1S/C14H23N3O3/c1-15-13-12(6-5-8-16-13)14(18)17-7-3-4-9-20-11-10-19-2/h5-6,8H,3-4,7,9-11H2,1-2H3,(H,15,16)(H,17,18). The molecule has 112 valence electrons. The van der Waals surface area contributed by atoms with Gasteiger partial charge in [-0.1, -0.05) is 0 Å². The maximum atomic E-state index is 12.0. The molecular weight excluding hydrogens is 258 g/mol. The second-order valence-electron chi connectivity index (χ2n) is 4.22. The van der Waals surface area contributed by atoms with Gasteiger partial charge in [0.2, 0.25) is 0 Å². The highest BCUT2D eigenvalue weighted by Gasteiger charge is 2.09. The molecule has 0 spiro atoms. The van der Waals surface area contributed by atoms with Gasteiger partial charge in [-0.05, 0) is 25.0 Å². The Kier molecular flexibility index (Phi) is 8.33. The highest BCUT2D eigenvalue weighted by molar-refractivity contribution is 5.98. The third kappa shape index (κ3) is 5.99. The van der Waals surface area contributed by atoms with Crippen molar-refractivity contribution in [2.45, 2.75) is 12.8 Å². The summed E-state index contributed by atoms with van der Waals surface area (Å²) >= 11 is 0. The van der Waals surface area contributed by atoms with Crippen LogP contribution in [0.15, 0.2) is 18.3 Å². The average molecular weight is 281 g/mol. The molecule has 1 aromatic rings. The molecule has 0 atom stereocenters. The van der Waals surface area contributed by atoms with E-state index in [2.05, 4.69) is 15.6 Å². The van der Waals surface area contributed by atoms with E-state index in [0.29, 0.717) is 37.7 Å². The van der Waals surface area contributed by atoms with Crippen LogP contribution in [-0.4, -0.2) is 51.4 Å². The SMILES string of the molecule is CNc1ncccc1C(=O)NCCCCOCCOC. The molecule has 1 aromatic heterocycles. The van der Waals surface area contributed by atoms with Crippen LogP contribution < -0.4 is 10.6 Å². The van der Waals surface area contributed by atoms with E-state index in [-0.39, 0.29) is 5.91 Å². The fourth-order valence-electron chi connectivity index (χ4n) is 1.66. The van der Waals surface area contributed by atoms with Crippen LogP contribution in [0.1, 0.15) is 23.2 Å². The zero-order chi connectivity index (χ0) is 14.6. The largest absolute Gasteiger partial charge is 0.382 e. The highest BCUT2D eigenvalue weighted by Crippen LogP contribution is 2.09. The number of pyridine rings is 1. The van der Waals surface area contributed by atoms with Crippen molar-refractivity contribution in [1.29, 1.82) is 0 Å². The van der Waals surface area contributed by atoms with Crippen molar-refractivity contribution in [2.75, 3.05) is 45.8 Å². The topological polar surface area (TPSA) is 72.5 Å². The number of hydrogen-bond donors (Lipinski definition) is 2. The fourth-order valence-corrected chi connectivity index (χ4v) is 1.66. The molecule has 0 aliphatic heterocycles. The van der Waals surface area contributed by atoms with Gasteiger partial charge in [0.25, 0.3) is 5.91 Å². The smallest absolute Gasteiger partial charge is 0.255 e. The Morgan fingerprint density at radius 1 is 1.30 bits per heavy atom. The van der Waals surface area contributed by atoms with Crippen molar-refractivity contribution in [3.8, 4) is 0 Å². The lowest BCUT2D eigenvalue weighted by molar-refractivity contribution is 0.0686. The Labute approximate surface area is 119 Å². The van der Waals surface area contributed by atoms with Crippen LogP contribution >= 0.6 is 0 Å². The van der Waals surface area contributed by atoms with Gasteiger partial charge < -0.3 is 20.1 Å². The van der Waals surface area contributed by atoms with Crippen LogP contribution in [0.2, 0.25) is 0 Å². The van der Waals surface area contributed by atoms with Gasteiger partial charge in [-0.15, -0.1) is 0 Å². The number of carbonyl (C=O) groups excluding carboxylic acids is 1. The molecule has 1 rings (SSSR count). The molecule has 2 N–H and O–H groups in total. The predicted octanol–water partition coefficient (Wildman–Crippen LogP) is 1.30. The third-order valence-electron chi connectivity index (χ3n) is 2.72. The predicted molar refractivity (Wildman–Crippen MR) is 78.0 cm³/mol. The summed E-state index contributed by atoms with van der Waals surface area (Å²) in [6.07, 6.45) is 3.45. The lowest BCUT2D eigenvalue weighted by Gasteiger charge is -2.08. The van der Waals surface area contributed by atoms with Gasteiger partial charge >= 0.3 is 0 Å². The minimum atomic E-state index is -0.109. The molecule has 0 aromatic carbocycles. The van der Waals surface area contributed by atoms with Crippen molar-refractivity contribution >= 4 is 11.7 Å². The molecule has 0 radical (unpaired) electrons. The summed E-state index contributed by atoms with van der Waals surface area (Å²) in [7, 11) is 3.40. The summed E-state index contributed by atoms with van der Waals surface area (Å²) < 4.78 is 10.2. The lowest BCUT2D eigenvalue weighted by atomic mass is 10.2. The van der Waals surface area contributed by atoms with Gasteiger partial charge in [0.1, 0.15) is 5.82 Å². The second-order valence-corrected chi connectivity index (χ2v) is 4.22. The van der Waals surface area contributed by atoms with Crippen LogP contribution in [0, 0.1) is 0 Å². The van der Waals surface area contributed by atoms with Crippen molar-refractivity contribution in [2.24, 2.45) is 0 Å². The number of anilines is 1. The lowest BCUT2D eigenvalue weighted by Crippen LogP contribution is -2.25. The average Bonchev–Trinajstić information content (AvgIpc) is 2.49. The second kappa shape index (κ2) is 10.2. The Hall–Kier alpha value is -1.66. The van der Waals surface area contributed by atoms with Crippen LogP contribution in [0.3, 0.4) is 0 Å². The summed E-state index contributed by atoms with van der Waals surface area (Å²) in [4.78, 5) is 16.1. The van der Waals surface area contributed by atoms with Crippen molar-refractivity contribution in [3.63, 3.8) is 0 Å². The van der Waals surface area contributed by atoms with E-state index in [1.807, 2.05) is 0 Å². The molecule has 1 amide bonds. The molecule has 0 fully saturated rings. The maximum Gasteiger partial charge on any atom is 0.255 e. The number of methoxy groups -OCH3 is 1. The van der Waals surface area contributed by atoms with E-state index in [0.717, 1.165) is 12.8 Å². The quantitative estimate of drug-likeness (QED) is 0.632. The number of unbranched alkanes of at least 4 members (excludes halogenated alkanes) is 1. The molecule has 6 nitrogen and oxygen atoms in total. The number of nitrogens with one attached hydrogen (secondary N) is 2. The maximum absolute atomic E-state index is 12.0. The van der Waals surface area contributed by atoms with Crippen molar-refractivity contribution in [1.82, 2.24) is 10.3 Å². The van der Waals surface area contributed by atoms with E-state index in [9.17, 15) is 4.79 Å². The fraction of sp³-hybridized carbons (Fsp3) is 0.571. The van der Waals surface area contributed by atoms with E-state index >= 15 is 0 Å². The van der Waals surface area contributed by atoms with Crippen LogP contribution in [0.5, 0.6) is 0 Å². The van der Waals surface area contributed by atoms with E-state index in [1.165, 1.54) is 0 Å². The normalized spacial score (nSPS) is 10.3.